The Bertz CT molecular complexity index is 875. The summed E-state index contributed by atoms with van der Waals surface area (Å²) in [5, 5.41) is 10.5. The lowest BCUT2D eigenvalue weighted by Gasteiger charge is -2.34. The highest BCUT2D eigenvalue weighted by Gasteiger charge is 2.42. The van der Waals surface area contributed by atoms with Crippen LogP contribution in [0.5, 0.6) is 5.75 Å². The molecule has 4 rings (SSSR count). The van der Waals surface area contributed by atoms with E-state index in [0.717, 1.165) is 34.3 Å². The molecule has 2 aliphatic carbocycles. The van der Waals surface area contributed by atoms with Gasteiger partial charge in [-0.25, -0.2) is 0 Å². The minimum atomic E-state index is -0.289. The first-order valence-corrected chi connectivity index (χ1v) is 7.68. The van der Waals surface area contributed by atoms with Gasteiger partial charge in [0, 0.05) is 21.6 Å². The van der Waals surface area contributed by atoms with E-state index in [-0.39, 0.29) is 16.9 Å². The highest BCUT2D eigenvalue weighted by Crippen LogP contribution is 2.50. The Morgan fingerprint density at radius 1 is 1.09 bits per heavy atom. The number of allylic oxidation sites excluding steroid dienone is 2. The third kappa shape index (κ3) is 1.65. The van der Waals surface area contributed by atoms with Crippen LogP contribution in [0.1, 0.15) is 40.9 Å². The molecule has 2 aromatic rings. The lowest BCUT2D eigenvalue weighted by atomic mass is 9.68. The summed E-state index contributed by atoms with van der Waals surface area (Å²) >= 11 is 6.10. The van der Waals surface area contributed by atoms with Gasteiger partial charge in [-0.3, -0.25) is 4.79 Å². The molecular weight excluding hydrogens is 296 g/mol. The predicted molar refractivity (Wildman–Crippen MR) is 87.5 cm³/mol. The molecule has 0 atom stereocenters. The molecule has 0 heterocycles. The third-order valence-corrected chi connectivity index (χ3v) is 5.14. The highest BCUT2D eigenvalue weighted by molar-refractivity contribution is 6.34. The zero-order chi connectivity index (χ0) is 15.6. The molecule has 0 bridgehead atoms. The average Bonchev–Trinajstić information content (AvgIpc) is 2.84. The Kier molecular flexibility index (Phi) is 2.62. The van der Waals surface area contributed by atoms with Crippen LogP contribution in [0.2, 0.25) is 5.02 Å². The van der Waals surface area contributed by atoms with Crippen LogP contribution in [0.25, 0.3) is 5.57 Å². The fraction of sp³-hybridized carbons (Fsp3) is 0.211. The second kappa shape index (κ2) is 4.23. The number of fused-ring (bicyclic) bond motifs is 3. The Morgan fingerprint density at radius 2 is 1.82 bits per heavy atom. The first kappa shape index (κ1) is 13.6. The maximum Gasteiger partial charge on any atom is 0.193 e. The zero-order valence-electron chi connectivity index (χ0n) is 12.4. The van der Waals surface area contributed by atoms with Crippen molar-refractivity contribution in [3.63, 3.8) is 0 Å². The molecule has 1 N–H and O–H groups in total. The summed E-state index contributed by atoms with van der Waals surface area (Å²) in [6.45, 7) is 4.22. The Labute approximate surface area is 134 Å². The monoisotopic (exact) mass is 310 g/mol. The second-order valence-electron chi connectivity index (χ2n) is 6.52. The molecule has 2 aliphatic rings. The number of carbonyl (C=O) groups is 1. The van der Waals surface area contributed by atoms with Crippen LogP contribution in [-0.4, -0.2) is 10.9 Å². The molecule has 110 valence electrons. The van der Waals surface area contributed by atoms with E-state index in [9.17, 15) is 9.90 Å². The number of halogens is 1. The molecule has 0 saturated carbocycles. The fourth-order valence-electron chi connectivity index (χ4n) is 3.73. The molecule has 0 fully saturated rings. The largest absolute Gasteiger partial charge is 0.508 e. The summed E-state index contributed by atoms with van der Waals surface area (Å²) in [5.41, 5.74) is 5.33. The molecule has 0 aromatic heterocycles. The fourth-order valence-corrected chi connectivity index (χ4v) is 3.93. The van der Waals surface area contributed by atoms with Gasteiger partial charge in [0.2, 0.25) is 0 Å². The van der Waals surface area contributed by atoms with E-state index in [1.165, 1.54) is 0 Å². The molecule has 0 saturated heterocycles. The van der Waals surface area contributed by atoms with Gasteiger partial charge in [-0.15, -0.1) is 0 Å². The van der Waals surface area contributed by atoms with E-state index in [0.29, 0.717) is 10.6 Å². The predicted octanol–water partition coefficient (Wildman–Crippen LogP) is 4.53. The molecule has 3 heteroatoms. The number of Topliss-reactive ketones (excluding diaryl/α,β-unsaturated/α-hetero) is 1. The number of ketones is 1. The van der Waals surface area contributed by atoms with Crippen molar-refractivity contribution in [2.45, 2.75) is 25.7 Å². The van der Waals surface area contributed by atoms with Gasteiger partial charge in [0.05, 0.1) is 0 Å². The maximum atomic E-state index is 13.0. The third-order valence-electron chi connectivity index (χ3n) is 4.91. The van der Waals surface area contributed by atoms with Gasteiger partial charge in [-0.2, -0.15) is 0 Å². The summed E-state index contributed by atoms with van der Waals surface area (Å²) in [5.74, 6) is 0.243. The molecular formula is C19H15ClO2. The summed E-state index contributed by atoms with van der Waals surface area (Å²) in [6.07, 6.45) is 0.735. The van der Waals surface area contributed by atoms with Gasteiger partial charge >= 0.3 is 0 Å². The number of hydrogen-bond donors (Lipinski definition) is 1. The second-order valence-corrected chi connectivity index (χ2v) is 6.95. The van der Waals surface area contributed by atoms with Gasteiger partial charge < -0.3 is 5.11 Å². The Morgan fingerprint density at radius 3 is 2.59 bits per heavy atom. The Balaban J connectivity index is 2.00. The summed E-state index contributed by atoms with van der Waals surface area (Å²) in [6, 6.07) is 10.7. The van der Waals surface area contributed by atoms with Crippen LogP contribution < -0.4 is 0 Å². The van der Waals surface area contributed by atoms with Crippen molar-refractivity contribution in [2.24, 2.45) is 0 Å². The van der Waals surface area contributed by atoms with Crippen LogP contribution in [0.3, 0.4) is 0 Å². The first-order chi connectivity index (χ1) is 10.4. The zero-order valence-corrected chi connectivity index (χ0v) is 13.2. The topological polar surface area (TPSA) is 37.3 Å². The maximum absolute atomic E-state index is 13.0. The van der Waals surface area contributed by atoms with E-state index >= 15 is 0 Å². The number of aromatic hydroxyl groups is 1. The van der Waals surface area contributed by atoms with E-state index in [4.69, 9.17) is 11.6 Å². The number of carbonyl (C=O) groups excluding carboxylic acids is 1. The van der Waals surface area contributed by atoms with Gasteiger partial charge in [0.15, 0.2) is 5.78 Å². The quantitative estimate of drug-likeness (QED) is 0.776. The van der Waals surface area contributed by atoms with Crippen LogP contribution in [0, 0.1) is 0 Å². The van der Waals surface area contributed by atoms with Crippen LogP contribution >= 0.6 is 11.6 Å². The molecule has 2 aromatic carbocycles. The van der Waals surface area contributed by atoms with Crippen molar-refractivity contribution in [3.8, 4) is 5.75 Å². The van der Waals surface area contributed by atoms with E-state index in [2.05, 4.69) is 13.8 Å². The number of phenolic OH excluding ortho intramolecular Hbond substituents is 1. The number of hydrogen-bond acceptors (Lipinski definition) is 2. The summed E-state index contributed by atoms with van der Waals surface area (Å²) in [7, 11) is 0. The van der Waals surface area contributed by atoms with Crippen molar-refractivity contribution in [3.05, 3.63) is 69.2 Å². The van der Waals surface area contributed by atoms with Crippen molar-refractivity contribution in [2.75, 3.05) is 0 Å². The van der Waals surface area contributed by atoms with Crippen molar-refractivity contribution >= 4 is 23.0 Å². The van der Waals surface area contributed by atoms with E-state index in [1.807, 2.05) is 18.2 Å². The van der Waals surface area contributed by atoms with E-state index < -0.39 is 0 Å². The molecule has 22 heavy (non-hydrogen) atoms. The van der Waals surface area contributed by atoms with Gasteiger partial charge in [0.1, 0.15) is 5.75 Å². The van der Waals surface area contributed by atoms with Crippen LogP contribution in [0.4, 0.5) is 0 Å². The van der Waals surface area contributed by atoms with Crippen molar-refractivity contribution < 1.29 is 9.90 Å². The molecule has 0 amide bonds. The smallest absolute Gasteiger partial charge is 0.193 e. The molecule has 2 nitrogen and oxygen atoms in total. The highest BCUT2D eigenvalue weighted by atomic mass is 35.5. The molecule has 0 unspecified atom stereocenters. The molecule has 0 aliphatic heterocycles. The number of rotatable bonds is 0. The van der Waals surface area contributed by atoms with Crippen molar-refractivity contribution in [1.29, 1.82) is 0 Å². The average molecular weight is 311 g/mol. The van der Waals surface area contributed by atoms with Crippen molar-refractivity contribution in [1.82, 2.24) is 0 Å². The summed E-state index contributed by atoms with van der Waals surface area (Å²) < 4.78 is 0. The molecule has 0 spiro atoms. The SMILES string of the molecule is CC1(C)C2=C(C(=O)c3ccc(O)cc31)c1ccc(Cl)cc1C2. The minimum absolute atomic E-state index is 0.0467. The molecule has 0 radical (unpaired) electrons. The number of phenols is 1. The standard InChI is InChI=1S/C19H15ClO2/c1-19(2)15-9-12(21)4-6-14(15)18(22)17-13-5-3-11(20)7-10(13)8-16(17)19/h3-7,9,21H,8H2,1-2H3. The van der Waals surface area contributed by atoms with Crippen LogP contribution in [-0.2, 0) is 11.8 Å². The summed E-state index contributed by atoms with van der Waals surface area (Å²) in [4.78, 5) is 13.0. The lowest BCUT2D eigenvalue weighted by Crippen LogP contribution is -2.29. The number of benzene rings is 2. The van der Waals surface area contributed by atoms with Crippen LogP contribution in [0.15, 0.2) is 42.0 Å². The minimum Gasteiger partial charge on any atom is -0.508 e. The normalized spacial score (nSPS) is 18.0. The lowest BCUT2D eigenvalue weighted by molar-refractivity contribution is 0.105. The Hall–Kier alpha value is -2.06. The van der Waals surface area contributed by atoms with Gasteiger partial charge in [-0.1, -0.05) is 31.5 Å². The van der Waals surface area contributed by atoms with Gasteiger partial charge in [0.25, 0.3) is 0 Å². The van der Waals surface area contributed by atoms with E-state index in [1.54, 1.807) is 18.2 Å². The first-order valence-electron chi connectivity index (χ1n) is 7.30. The van der Waals surface area contributed by atoms with Gasteiger partial charge in [-0.05, 0) is 59.0 Å².